The second-order valence-corrected chi connectivity index (χ2v) is 8.09. The van der Waals surface area contributed by atoms with Crippen LogP contribution in [0.3, 0.4) is 0 Å². The Morgan fingerprint density at radius 2 is 2.04 bits per heavy atom. The molecule has 0 aliphatic carbocycles. The number of piperidine rings is 1. The number of nitrogens with one attached hydrogen (secondary N) is 1. The summed E-state index contributed by atoms with van der Waals surface area (Å²) in [5, 5.41) is 4.76. The predicted molar refractivity (Wildman–Crippen MR) is 101 cm³/mol. The highest BCUT2D eigenvalue weighted by Crippen LogP contribution is 2.29. The molecule has 2 aromatic rings. The zero-order valence-corrected chi connectivity index (χ0v) is 16.0. The summed E-state index contributed by atoms with van der Waals surface area (Å²) in [5.74, 6) is -1.93. The molecule has 1 aromatic carbocycles. The fourth-order valence-corrected chi connectivity index (χ4v) is 4.31. The largest absolute Gasteiger partial charge is 0.350 e. The molecule has 3 rings (SSSR count). The maximum absolute atomic E-state index is 13.4. The lowest BCUT2D eigenvalue weighted by Gasteiger charge is -2.36. The van der Waals surface area contributed by atoms with Crippen LogP contribution >= 0.6 is 22.9 Å². The molecule has 1 aliphatic rings. The van der Waals surface area contributed by atoms with Crippen LogP contribution in [0.5, 0.6) is 0 Å². The number of likely N-dealkylation sites (tertiary alicyclic amines) is 1. The molecule has 1 aliphatic heterocycles. The number of rotatable bonds is 5. The van der Waals surface area contributed by atoms with Crippen molar-refractivity contribution in [3.05, 3.63) is 56.7 Å². The number of halogens is 3. The van der Waals surface area contributed by atoms with Crippen LogP contribution in [-0.2, 0) is 0 Å². The van der Waals surface area contributed by atoms with Crippen LogP contribution in [0.25, 0.3) is 0 Å². The molecule has 26 heavy (non-hydrogen) atoms. The van der Waals surface area contributed by atoms with E-state index in [2.05, 4.69) is 23.2 Å². The lowest BCUT2D eigenvalue weighted by molar-refractivity contribution is 0.0914. The Balaban J connectivity index is 1.72. The minimum Gasteiger partial charge on any atom is -0.350 e. The molecular weight excluding hydrogens is 378 g/mol. The van der Waals surface area contributed by atoms with E-state index in [0.29, 0.717) is 12.5 Å². The second-order valence-electron chi connectivity index (χ2n) is 6.71. The molecule has 0 radical (unpaired) electrons. The molecule has 0 bridgehead atoms. The van der Waals surface area contributed by atoms with Gasteiger partial charge in [0.2, 0.25) is 0 Å². The molecular formula is C19H21ClF2N2OS. The fourth-order valence-electron chi connectivity index (χ4n) is 3.21. The standard InChI is InChI=1S/C19H21ClF2N2OS/c1-12-4-6-24(7-5-12)17(18-3-2-8-26-18)11-23-19(25)13-9-15(21)16(22)10-14(13)20/h2-3,8-10,12,17H,4-7,11H2,1H3,(H,23,25). The predicted octanol–water partition coefficient (Wildman–Crippen LogP) is 4.88. The highest BCUT2D eigenvalue weighted by Gasteiger charge is 2.26. The maximum atomic E-state index is 13.4. The number of amides is 1. The van der Waals surface area contributed by atoms with Crippen LogP contribution in [0.4, 0.5) is 8.78 Å². The summed E-state index contributed by atoms with van der Waals surface area (Å²) < 4.78 is 26.6. The number of benzene rings is 1. The summed E-state index contributed by atoms with van der Waals surface area (Å²) in [6.45, 7) is 4.60. The summed E-state index contributed by atoms with van der Waals surface area (Å²) in [6.07, 6.45) is 2.26. The normalized spacial score (nSPS) is 17.2. The first-order valence-corrected chi connectivity index (χ1v) is 9.91. The number of hydrogen-bond acceptors (Lipinski definition) is 3. The molecule has 1 atom stereocenters. The van der Waals surface area contributed by atoms with E-state index in [1.54, 1.807) is 11.3 Å². The van der Waals surface area contributed by atoms with Gasteiger partial charge in [-0.25, -0.2) is 8.78 Å². The molecule has 1 amide bonds. The summed E-state index contributed by atoms with van der Waals surface area (Å²) in [5.41, 5.74) is -0.0530. The molecule has 2 heterocycles. The van der Waals surface area contributed by atoms with Crippen LogP contribution in [0.1, 0.15) is 41.0 Å². The van der Waals surface area contributed by atoms with Crippen molar-refractivity contribution in [2.24, 2.45) is 5.92 Å². The summed E-state index contributed by atoms with van der Waals surface area (Å²) in [4.78, 5) is 16.0. The molecule has 1 unspecified atom stereocenters. The first-order chi connectivity index (χ1) is 12.5. The van der Waals surface area contributed by atoms with E-state index in [1.165, 1.54) is 4.88 Å². The van der Waals surface area contributed by atoms with Crippen LogP contribution in [-0.4, -0.2) is 30.4 Å². The molecule has 7 heteroatoms. The number of nitrogens with zero attached hydrogens (tertiary/aromatic N) is 1. The maximum Gasteiger partial charge on any atom is 0.252 e. The van der Waals surface area contributed by atoms with Gasteiger partial charge < -0.3 is 5.32 Å². The highest BCUT2D eigenvalue weighted by atomic mass is 35.5. The Morgan fingerprint density at radius 1 is 1.35 bits per heavy atom. The van der Waals surface area contributed by atoms with Crippen molar-refractivity contribution in [2.45, 2.75) is 25.8 Å². The fraction of sp³-hybridized carbons (Fsp3) is 0.421. The van der Waals surface area contributed by atoms with Gasteiger partial charge in [-0.1, -0.05) is 24.6 Å². The van der Waals surface area contributed by atoms with Crippen LogP contribution in [0, 0.1) is 17.6 Å². The molecule has 0 spiro atoms. The average molecular weight is 399 g/mol. The van der Waals surface area contributed by atoms with E-state index in [4.69, 9.17) is 11.6 Å². The van der Waals surface area contributed by atoms with Crippen molar-refractivity contribution in [3.8, 4) is 0 Å². The van der Waals surface area contributed by atoms with Crippen molar-refractivity contribution in [1.82, 2.24) is 10.2 Å². The summed E-state index contributed by atoms with van der Waals surface area (Å²) in [6, 6.07) is 5.79. The molecule has 3 nitrogen and oxygen atoms in total. The van der Waals surface area contributed by atoms with Gasteiger partial charge in [-0.2, -0.15) is 0 Å². The molecule has 1 saturated heterocycles. The monoisotopic (exact) mass is 398 g/mol. The van der Waals surface area contributed by atoms with Gasteiger partial charge in [-0.05, 0) is 55.4 Å². The van der Waals surface area contributed by atoms with Crippen molar-refractivity contribution >= 4 is 28.8 Å². The Kier molecular flexibility index (Phi) is 6.27. The molecule has 1 fully saturated rings. The number of hydrogen-bond donors (Lipinski definition) is 1. The van der Waals surface area contributed by atoms with Crippen molar-refractivity contribution in [2.75, 3.05) is 19.6 Å². The van der Waals surface area contributed by atoms with Crippen molar-refractivity contribution < 1.29 is 13.6 Å². The quantitative estimate of drug-likeness (QED) is 0.728. The van der Waals surface area contributed by atoms with E-state index in [1.807, 2.05) is 11.4 Å². The second kappa shape index (κ2) is 8.46. The van der Waals surface area contributed by atoms with Gasteiger partial charge in [0.05, 0.1) is 16.6 Å². The smallest absolute Gasteiger partial charge is 0.252 e. The number of carbonyl (C=O) groups excluding carboxylic acids is 1. The SMILES string of the molecule is CC1CCN(C(CNC(=O)c2cc(F)c(F)cc2Cl)c2cccs2)CC1. The number of thiophene rings is 1. The number of carbonyl (C=O) groups is 1. The first kappa shape index (κ1) is 19.3. The minimum absolute atomic E-state index is 0.0530. The van der Waals surface area contributed by atoms with Crippen LogP contribution in [0.15, 0.2) is 29.6 Å². The van der Waals surface area contributed by atoms with Crippen LogP contribution in [0.2, 0.25) is 5.02 Å². The molecule has 0 saturated carbocycles. The summed E-state index contributed by atoms with van der Waals surface area (Å²) >= 11 is 7.55. The zero-order chi connectivity index (χ0) is 18.7. The van der Waals surface area contributed by atoms with Gasteiger partial charge in [-0.15, -0.1) is 11.3 Å². The minimum atomic E-state index is -1.08. The van der Waals surface area contributed by atoms with E-state index in [0.717, 1.165) is 38.1 Å². The summed E-state index contributed by atoms with van der Waals surface area (Å²) in [7, 11) is 0. The third kappa shape index (κ3) is 4.42. The lowest BCUT2D eigenvalue weighted by atomic mass is 9.97. The lowest BCUT2D eigenvalue weighted by Crippen LogP contribution is -2.41. The third-order valence-electron chi connectivity index (χ3n) is 4.84. The Bertz CT molecular complexity index is 761. The Hall–Kier alpha value is -1.50. The van der Waals surface area contributed by atoms with E-state index in [9.17, 15) is 13.6 Å². The van der Waals surface area contributed by atoms with Gasteiger partial charge >= 0.3 is 0 Å². The molecule has 140 valence electrons. The third-order valence-corrected chi connectivity index (χ3v) is 6.13. The van der Waals surface area contributed by atoms with Gasteiger partial charge in [0.25, 0.3) is 5.91 Å². The molecule has 1 aromatic heterocycles. The van der Waals surface area contributed by atoms with Crippen molar-refractivity contribution in [3.63, 3.8) is 0 Å². The van der Waals surface area contributed by atoms with Crippen molar-refractivity contribution in [1.29, 1.82) is 0 Å². The van der Waals surface area contributed by atoms with E-state index >= 15 is 0 Å². The average Bonchev–Trinajstić information content (AvgIpc) is 3.14. The zero-order valence-electron chi connectivity index (χ0n) is 14.5. The van der Waals surface area contributed by atoms with E-state index < -0.39 is 17.5 Å². The molecule has 1 N–H and O–H groups in total. The van der Waals surface area contributed by atoms with Gasteiger partial charge in [0, 0.05) is 11.4 Å². The van der Waals surface area contributed by atoms with E-state index in [-0.39, 0.29) is 16.6 Å². The topological polar surface area (TPSA) is 32.3 Å². The van der Waals surface area contributed by atoms with Gasteiger partial charge in [0.15, 0.2) is 11.6 Å². The van der Waals surface area contributed by atoms with Gasteiger partial charge in [0.1, 0.15) is 0 Å². The van der Waals surface area contributed by atoms with Gasteiger partial charge in [-0.3, -0.25) is 9.69 Å². The Labute approximate surface area is 161 Å². The first-order valence-electron chi connectivity index (χ1n) is 8.66. The Morgan fingerprint density at radius 3 is 2.69 bits per heavy atom. The highest BCUT2D eigenvalue weighted by molar-refractivity contribution is 7.10. The van der Waals surface area contributed by atoms with Crippen LogP contribution < -0.4 is 5.32 Å².